The van der Waals surface area contributed by atoms with Crippen LogP contribution in [0.2, 0.25) is 10.0 Å². The number of hydrogen-bond donors (Lipinski definition) is 1. The predicted octanol–water partition coefficient (Wildman–Crippen LogP) is 7.73. The molecule has 1 N–H and O–H groups in total. The summed E-state index contributed by atoms with van der Waals surface area (Å²) in [6, 6.07) is 13.5. The molecule has 3 aromatic rings. The summed E-state index contributed by atoms with van der Waals surface area (Å²) >= 11 is 13.0. The van der Waals surface area contributed by atoms with Gasteiger partial charge in [0.25, 0.3) is 0 Å². The Kier molecular flexibility index (Phi) is 7.83. The number of amides is 2. The number of aromatic nitrogens is 1. The lowest BCUT2D eigenvalue weighted by molar-refractivity contribution is -0.142. The van der Waals surface area contributed by atoms with Crippen molar-refractivity contribution in [3.8, 4) is 11.3 Å². The molecule has 0 radical (unpaired) electrons. The van der Waals surface area contributed by atoms with E-state index in [9.17, 15) is 9.59 Å². The summed E-state index contributed by atoms with van der Waals surface area (Å²) in [7, 11) is 0. The maximum Gasteiger partial charge on any atom is 0.228 e. The van der Waals surface area contributed by atoms with Crippen LogP contribution in [0.15, 0.2) is 53.1 Å². The van der Waals surface area contributed by atoms with E-state index in [0.29, 0.717) is 52.2 Å². The Morgan fingerprint density at radius 2 is 1.81 bits per heavy atom. The number of hydrogen-bond acceptors (Lipinski definition) is 5. The number of carbonyl (C=O) groups is 2. The maximum atomic E-state index is 13.4. The maximum absolute atomic E-state index is 13.4. The Morgan fingerprint density at radius 1 is 1.07 bits per heavy atom. The molecule has 224 valence electrons. The van der Waals surface area contributed by atoms with E-state index in [4.69, 9.17) is 32.5 Å². The Hall–Kier alpha value is -3.13. The van der Waals surface area contributed by atoms with Gasteiger partial charge in [0.15, 0.2) is 0 Å². The molecule has 4 aliphatic carbocycles. The Labute approximate surface area is 261 Å². The van der Waals surface area contributed by atoms with E-state index < -0.39 is 0 Å². The molecule has 1 aliphatic heterocycles. The van der Waals surface area contributed by atoms with Gasteiger partial charge in [-0.15, -0.1) is 0 Å². The molecule has 1 aromatic heterocycles. The van der Waals surface area contributed by atoms with E-state index in [1.165, 1.54) is 5.57 Å². The Morgan fingerprint density at radius 3 is 2.49 bits per heavy atom. The molecule has 2 aromatic carbocycles. The van der Waals surface area contributed by atoms with Crippen molar-refractivity contribution in [3.05, 3.63) is 75.5 Å². The van der Waals surface area contributed by atoms with Crippen LogP contribution in [0.1, 0.15) is 68.3 Å². The monoisotopic (exact) mass is 619 g/mol. The first-order valence-corrected chi connectivity index (χ1v) is 16.0. The molecule has 9 heteroatoms. The van der Waals surface area contributed by atoms with E-state index in [1.54, 1.807) is 6.92 Å². The van der Waals surface area contributed by atoms with Crippen LogP contribution in [0.5, 0.6) is 0 Å². The molecule has 8 rings (SSSR count). The third-order valence-corrected chi connectivity index (χ3v) is 10.3. The SMILES string of the molecule is CC(=O)N1CC=C(c2cccc(NC(=O)C3C4CC(OCc5c(-c6c(Cl)cccc6Cl)noc5C5CC5)CC3C4)c2)CC1. The largest absolute Gasteiger partial charge is 0.373 e. The summed E-state index contributed by atoms with van der Waals surface area (Å²) in [5, 5.41) is 8.66. The number of benzene rings is 2. The second-order valence-corrected chi connectivity index (χ2v) is 13.3. The summed E-state index contributed by atoms with van der Waals surface area (Å²) in [6.45, 7) is 3.35. The second kappa shape index (κ2) is 11.8. The highest BCUT2D eigenvalue weighted by Crippen LogP contribution is 2.52. The number of rotatable bonds is 8. The van der Waals surface area contributed by atoms with E-state index in [2.05, 4.69) is 22.6 Å². The molecule has 4 fully saturated rings. The van der Waals surface area contributed by atoms with Crippen LogP contribution in [0.4, 0.5) is 5.69 Å². The lowest BCUT2D eigenvalue weighted by Crippen LogP contribution is -2.51. The summed E-state index contributed by atoms with van der Waals surface area (Å²) < 4.78 is 12.3. The minimum Gasteiger partial charge on any atom is -0.373 e. The number of halogens is 2. The summed E-state index contributed by atoms with van der Waals surface area (Å²) in [5.74, 6) is 2.09. The van der Waals surface area contributed by atoms with Crippen LogP contribution in [-0.2, 0) is 20.9 Å². The zero-order valence-corrected chi connectivity index (χ0v) is 25.7. The van der Waals surface area contributed by atoms with Crippen LogP contribution in [0, 0.1) is 17.8 Å². The fraction of sp³-hybridized carbons (Fsp3) is 0.441. The summed E-state index contributed by atoms with van der Waals surface area (Å²) in [5.41, 5.74) is 5.42. The molecular formula is C34H35Cl2N3O4. The fourth-order valence-electron chi connectivity index (χ4n) is 7.18. The third kappa shape index (κ3) is 5.75. The van der Waals surface area contributed by atoms with Gasteiger partial charge in [0.1, 0.15) is 11.5 Å². The first-order chi connectivity index (χ1) is 20.9. The molecule has 4 saturated carbocycles. The molecule has 2 unspecified atom stereocenters. The van der Waals surface area contributed by atoms with Gasteiger partial charge in [-0.25, -0.2) is 0 Å². The van der Waals surface area contributed by atoms with E-state index in [1.807, 2.05) is 41.3 Å². The van der Waals surface area contributed by atoms with Crippen molar-refractivity contribution >= 4 is 46.3 Å². The van der Waals surface area contributed by atoms with Gasteiger partial charge in [-0.3, -0.25) is 9.59 Å². The van der Waals surface area contributed by atoms with Crippen molar-refractivity contribution < 1.29 is 18.8 Å². The highest BCUT2D eigenvalue weighted by molar-refractivity contribution is 6.39. The quantitative estimate of drug-likeness (QED) is 0.279. The molecule has 0 spiro atoms. The number of carbonyl (C=O) groups excluding carboxylic acids is 2. The smallest absolute Gasteiger partial charge is 0.228 e. The van der Waals surface area contributed by atoms with Crippen molar-refractivity contribution in [2.45, 2.75) is 64.1 Å². The van der Waals surface area contributed by atoms with E-state index in [-0.39, 0.29) is 23.8 Å². The average molecular weight is 621 g/mol. The zero-order valence-electron chi connectivity index (χ0n) is 24.2. The van der Waals surface area contributed by atoms with Crippen LogP contribution < -0.4 is 5.32 Å². The van der Waals surface area contributed by atoms with Gasteiger partial charge >= 0.3 is 0 Å². The lowest BCUT2D eigenvalue weighted by atomic mass is 9.56. The number of anilines is 1. The molecule has 2 bridgehead atoms. The molecule has 2 heterocycles. The second-order valence-electron chi connectivity index (χ2n) is 12.4. The minimum atomic E-state index is 0.0108. The zero-order chi connectivity index (χ0) is 29.7. The van der Waals surface area contributed by atoms with Gasteiger partial charge < -0.3 is 19.5 Å². The molecule has 0 saturated heterocycles. The van der Waals surface area contributed by atoms with Crippen LogP contribution in [0.25, 0.3) is 16.8 Å². The Bertz CT molecular complexity index is 1560. The molecule has 43 heavy (non-hydrogen) atoms. The van der Waals surface area contributed by atoms with Gasteiger partial charge in [-0.2, -0.15) is 0 Å². The van der Waals surface area contributed by atoms with Gasteiger partial charge in [-0.1, -0.05) is 52.6 Å². The van der Waals surface area contributed by atoms with Crippen molar-refractivity contribution in [3.63, 3.8) is 0 Å². The number of ether oxygens (including phenoxy) is 1. The van der Waals surface area contributed by atoms with Crippen molar-refractivity contribution in [1.29, 1.82) is 0 Å². The average Bonchev–Trinajstić information content (AvgIpc) is 3.76. The van der Waals surface area contributed by atoms with Crippen molar-refractivity contribution in [1.82, 2.24) is 10.1 Å². The Balaban J connectivity index is 0.979. The molecule has 5 aliphatic rings. The highest BCUT2D eigenvalue weighted by Gasteiger charge is 2.51. The van der Waals surface area contributed by atoms with Crippen molar-refractivity contribution in [2.24, 2.45) is 17.8 Å². The van der Waals surface area contributed by atoms with Crippen LogP contribution >= 0.6 is 23.2 Å². The lowest BCUT2D eigenvalue weighted by Gasteiger charge is -2.51. The third-order valence-electron chi connectivity index (χ3n) is 9.64. The molecular weight excluding hydrogens is 585 g/mol. The van der Waals surface area contributed by atoms with E-state index >= 15 is 0 Å². The first kappa shape index (κ1) is 28.6. The predicted molar refractivity (Wildman–Crippen MR) is 167 cm³/mol. The topological polar surface area (TPSA) is 84.7 Å². The number of nitrogens with zero attached hydrogens (tertiary/aromatic N) is 2. The molecule has 2 atom stereocenters. The molecule has 7 nitrogen and oxygen atoms in total. The van der Waals surface area contributed by atoms with Crippen molar-refractivity contribution in [2.75, 3.05) is 18.4 Å². The van der Waals surface area contributed by atoms with Gasteiger partial charge in [0.05, 0.1) is 22.8 Å². The number of fused-ring (bicyclic) bond motifs is 2. The van der Waals surface area contributed by atoms with E-state index in [0.717, 1.165) is 67.6 Å². The summed E-state index contributed by atoms with van der Waals surface area (Å²) in [4.78, 5) is 26.9. The molecule has 2 amide bonds. The standard InChI is InChI=1S/C34H35Cl2N3O4/c1-19(40)39-12-10-20(11-13-39)22-4-2-5-25(15-22)37-34(41)30-23-14-24(30)17-26(16-23)42-18-27-32(38-43-33(27)21-8-9-21)31-28(35)6-3-7-29(31)36/h2-7,10,15,21,23-24,26,30H,8-9,11-14,16-18H2,1H3,(H,37,41). The number of nitrogens with one attached hydrogen (secondary N) is 1. The summed E-state index contributed by atoms with van der Waals surface area (Å²) in [6.07, 6.45) is 7.97. The fourth-order valence-corrected chi connectivity index (χ4v) is 7.76. The van der Waals surface area contributed by atoms with Gasteiger partial charge in [0.2, 0.25) is 11.8 Å². The van der Waals surface area contributed by atoms with Gasteiger partial charge in [-0.05, 0) is 85.8 Å². The normalized spacial score (nSPS) is 24.7. The highest BCUT2D eigenvalue weighted by atomic mass is 35.5. The van der Waals surface area contributed by atoms with Crippen LogP contribution in [-0.4, -0.2) is 41.1 Å². The first-order valence-electron chi connectivity index (χ1n) is 15.3. The minimum absolute atomic E-state index is 0.0108. The van der Waals surface area contributed by atoms with Gasteiger partial charge in [0, 0.05) is 48.7 Å². The van der Waals surface area contributed by atoms with Crippen LogP contribution in [0.3, 0.4) is 0 Å².